The Kier molecular flexibility index (Phi) is 5.11. The van der Waals surface area contributed by atoms with Crippen molar-refractivity contribution in [3.05, 3.63) is 89.7 Å². The van der Waals surface area contributed by atoms with Crippen LogP contribution in [0.3, 0.4) is 0 Å². The van der Waals surface area contributed by atoms with Gasteiger partial charge in [-0.1, -0.05) is 24.3 Å². The maximum Gasteiger partial charge on any atom is 0.416 e. The van der Waals surface area contributed by atoms with E-state index in [1.807, 2.05) is 6.07 Å². The summed E-state index contributed by atoms with van der Waals surface area (Å²) in [7, 11) is 0. The molecule has 0 amide bonds. The van der Waals surface area contributed by atoms with Crippen LogP contribution >= 0.6 is 0 Å². The van der Waals surface area contributed by atoms with Gasteiger partial charge < -0.3 is 10.1 Å². The van der Waals surface area contributed by atoms with Crippen molar-refractivity contribution < 1.29 is 22.3 Å². The van der Waals surface area contributed by atoms with Crippen LogP contribution in [-0.4, -0.2) is 0 Å². The zero-order valence-corrected chi connectivity index (χ0v) is 13.6. The van der Waals surface area contributed by atoms with Gasteiger partial charge >= 0.3 is 6.18 Å². The molecule has 0 saturated carbocycles. The Labute approximate surface area is 148 Å². The number of benzene rings is 3. The van der Waals surface area contributed by atoms with E-state index in [4.69, 9.17) is 4.74 Å². The Morgan fingerprint density at radius 3 is 2.23 bits per heavy atom. The summed E-state index contributed by atoms with van der Waals surface area (Å²) in [5.74, 6) is 0.189. The molecule has 0 spiro atoms. The van der Waals surface area contributed by atoms with E-state index >= 15 is 0 Å². The van der Waals surface area contributed by atoms with Gasteiger partial charge in [0.1, 0.15) is 17.3 Å². The number of ether oxygens (including phenoxy) is 1. The molecule has 26 heavy (non-hydrogen) atoms. The van der Waals surface area contributed by atoms with Crippen molar-refractivity contribution in [2.45, 2.75) is 12.7 Å². The number of hydrogen-bond acceptors (Lipinski definition) is 2. The molecule has 0 fully saturated rings. The van der Waals surface area contributed by atoms with E-state index in [1.165, 1.54) is 24.3 Å². The predicted molar refractivity (Wildman–Crippen MR) is 91.7 cm³/mol. The number of hydrogen-bond donors (Lipinski definition) is 1. The Hall–Kier alpha value is -3.02. The predicted octanol–water partition coefficient (Wildman–Crippen LogP) is 6.25. The van der Waals surface area contributed by atoms with Gasteiger partial charge in [-0.25, -0.2) is 4.39 Å². The van der Waals surface area contributed by atoms with Crippen LogP contribution < -0.4 is 10.1 Å². The maximum atomic E-state index is 13.2. The first-order valence-electron chi connectivity index (χ1n) is 7.84. The van der Waals surface area contributed by atoms with Gasteiger partial charge in [0.2, 0.25) is 0 Å². The molecule has 0 atom stereocenters. The SMILES string of the molecule is Fc1cccc(NCc2cccc(Oc3cccc(C(F)(F)F)c3)c2)c1. The van der Waals surface area contributed by atoms with Gasteiger partial charge in [-0.2, -0.15) is 13.2 Å². The molecule has 2 nitrogen and oxygen atoms in total. The second-order valence-corrected chi connectivity index (χ2v) is 5.64. The molecule has 1 N–H and O–H groups in total. The summed E-state index contributed by atoms with van der Waals surface area (Å²) < 4.78 is 57.0. The summed E-state index contributed by atoms with van der Waals surface area (Å²) in [4.78, 5) is 0. The number of nitrogens with one attached hydrogen (secondary N) is 1. The standard InChI is InChI=1S/C20H15F4NO/c21-16-6-3-7-17(12-16)25-13-14-4-1-8-18(10-14)26-19-9-2-5-15(11-19)20(22,23)24/h1-12,25H,13H2. The van der Waals surface area contributed by atoms with Gasteiger partial charge in [0.25, 0.3) is 0 Å². The van der Waals surface area contributed by atoms with Crippen LogP contribution in [0.5, 0.6) is 11.5 Å². The lowest BCUT2D eigenvalue weighted by Gasteiger charge is -2.11. The first-order chi connectivity index (χ1) is 12.4. The minimum Gasteiger partial charge on any atom is -0.457 e. The Morgan fingerprint density at radius 2 is 1.50 bits per heavy atom. The molecule has 134 valence electrons. The third kappa shape index (κ3) is 4.75. The molecule has 0 aliphatic carbocycles. The molecular weight excluding hydrogens is 346 g/mol. The zero-order valence-electron chi connectivity index (χ0n) is 13.6. The Bertz CT molecular complexity index is 893. The molecule has 0 aliphatic heterocycles. The first kappa shape index (κ1) is 17.8. The average molecular weight is 361 g/mol. The minimum atomic E-state index is -4.42. The molecule has 3 rings (SSSR count). The highest BCUT2D eigenvalue weighted by Gasteiger charge is 2.30. The number of anilines is 1. The summed E-state index contributed by atoms with van der Waals surface area (Å²) in [6, 6.07) is 17.7. The van der Waals surface area contributed by atoms with Gasteiger partial charge in [0.05, 0.1) is 5.56 Å². The van der Waals surface area contributed by atoms with Crippen LogP contribution in [0.15, 0.2) is 72.8 Å². The lowest BCUT2D eigenvalue weighted by Crippen LogP contribution is -2.04. The summed E-state index contributed by atoms with van der Waals surface area (Å²) in [6.45, 7) is 0.420. The molecule has 0 saturated heterocycles. The highest BCUT2D eigenvalue weighted by molar-refractivity contribution is 5.44. The van der Waals surface area contributed by atoms with Crippen molar-refractivity contribution in [2.24, 2.45) is 0 Å². The average Bonchev–Trinajstić information content (AvgIpc) is 2.60. The third-order valence-electron chi connectivity index (χ3n) is 3.62. The molecule has 0 bridgehead atoms. The lowest BCUT2D eigenvalue weighted by molar-refractivity contribution is -0.137. The maximum absolute atomic E-state index is 13.2. The highest BCUT2D eigenvalue weighted by Crippen LogP contribution is 2.32. The smallest absolute Gasteiger partial charge is 0.416 e. The van der Waals surface area contributed by atoms with E-state index in [0.29, 0.717) is 18.0 Å². The molecule has 0 radical (unpaired) electrons. The molecular formula is C20H15F4NO. The summed E-state index contributed by atoms with van der Waals surface area (Å²) in [5, 5.41) is 3.08. The van der Waals surface area contributed by atoms with Crippen molar-refractivity contribution >= 4 is 5.69 Å². The van der Waals surface area contributed by atoms with Crippen LogP contribution in [0, 0.1) is 5.82 Å². The summed E-state index contributed by atoms with van der Waals surface area (Å²) >= 11 is 0. The normalized spacial score (nSPS) is 11.2. The topological polar surface area (TPSA) is 21.3 Å². The van der Waals surface area contributed by atoms with Gasteiger partial charge in [0.15, 0.2) is 0 Å². The van der Waals surface area contributed by atoms with Crippen molar-refractivity contribution in [2.75, 3.05) is 5.32 Å². The second kappa shape index (κ2) is 7.47. The molecule has 0 unspecified atom stereocenters. The first-order valence-corrected chi connectivity index (χ1v) is 7.84. The van der Waals surface area contributed by atoms with Crippen molar-refractivity contribution in [3.63, 3.8) is 0 Å². The highest BCUT2D eigenvalue weighted by atomic mass is 19.4. The number of rotatable bonds is 5. The molecule has 0 aliphatic rings. The number of halogens is 4. The van der Waals surface area contributed by atoms with E-state index < -0.39 is 11.7 Å². The van der Waals surface area contributed by atoms with Crippen LogP contribution in [-0.2, 0) is 12.7 Å². The summed E-state index contributed by atoms with van der Waals surface area (Å²) in [6.07, 6.45) is -4.42. The number of alkyl halides is 3. The molecule has 3 aromatic rings. The van der Waals surface area contributed by atoms with Crippen LogP contribution in [0.1, 0.15) is 11.1 Å². The second-order valence-electron chi connectivity index (χ2n) is 5.64. The van der Waals surface area contributed by atoms with E-state index in [9.17, 15) is 17.6 Å². The zero-order chi connectivity index (χ0) is 18.6. The van der Waals surface area contributed by atoms with Gasteiger partial charge in [-0.3, -0.25) is 0 Å². The van der Waals surface area contributed by atoms with Crippen molar-refractivity contribution in [1.29, 1.82) is 0 Å². The summed E-state index contributed by atoms with van der Waals surface area (Å²) in [5.41, 5.74) is 0.715. The fourth-order valence-corrected chi connectivity index (χ4v) is 2.39. The third-order valence-corrected chi connectivity index (χ3v) is 3.62. The molecule has 0 heterocycles. The van der Waals surface area contributed by atoms with Crippen LogP contribution in [0.25, 0.3) is 0 Å². The monoisotopic (exact) mass is 361 g/mol. The largest absolute Gasteiger partial charge is 0.457 e. The van der Waals surface area contributed by atoms with Crippen LogP contribution in [0.4, 0.5) is 23.2 Å². The van der Waals surface area contributed by atoms with Gasteiger partial charge in [-0.05, 0) is 54.1 Å². The fourth-order valence-electron chi connectivity index (χ4n) is 2.39. The van der Waals surface area contributed by atoms with Gasteiger partial charge in [0, 0.05) is 12.2 Å². The van der Waals surface area contributed by atoms with E-state index in [1.54, 1.807) is 30.3 Å². The Balaban J connectivity index is 1.69. The lowest BCUT2D eigenvalue weighted by atomic mass is 10.2. The Morgan fingerprint density at radius 1 is 0.808 bits per heavy atom. The quantitative estimate of drug-likeness (QED) is 0.543. The van der Waals surface area contributed by atoms with E-state index in [2.05, 4.69) is 5.32 Å². The van der Waals surface area contributed by atoms with Crippen molar-refractivity contribution in [1.82, 2.24) is 0 Å². The molecule has 0 aromatic heterocycles. The van der Waals surface area contributed by atoms with Crippen molar-refractivity contribution in [3.8, 4) is 11.5 Å². The molecule has 3 aromatic carbocycles. The van der Waals surface area contributed by atoms with Crippen LogP contribution in [0.2, 0.25) is 0 Å². The van der Waals surface area contributed by atoms with Gasteiger partial charge in [-0.15, -0.1) is 0 Å². The van der Waals surface area contributed by atoms with E-state index in [-0.39, 0.29) is 11.6 Å². The minimum absolute atomic E-state index is 0.107. The fraction of sp³-hybridized carbons (Fsp3) is 0.100. The van der Waals surface area contributed by atoms with E-state index in [0.717, 1.165) is 17.7 Å². The molecule has 6 heteroatoms.